The van der Waals surface area contributed by atoms with Crippen LogP contribution in [0.25, 0.3) is 0 Å². The quantitative estimate of drug-likeness (QED) is 0.879. The Labute approximate surface area is 144 Å². The highest BCUT2D eigenvalue weighted by Gasteiger charge is 2.21. The maximum atomic E-state index is 11.7. The molecule has 1 amide bonds. The van der Waals surface area contributed by atoms with Crippen molar-refractivity contribution in [2.75, 3.05) is 23.3 Å². The second kappa shape index (κ2) is 8.00. The molecule has 2 aromatic rings. The lowest BCUT2D eigenvalue weighted by molar-refractivity contribution is -0.115. The van der Waals surface area contributed by atoms with Crippen LogP contribution in [-0.4, -0.2) is 19.0 Å². The van der Waals surface area contributed by atoms with Crippen LogP contribution in [0, 0.1) is 5.92 Å². The molecule has 0 aliphatic carbocycles. The van der Waals surface area contributed by atoms with Gasteiger partial charge in [0, 0.05) is 19.5 Å². The third-order valence-corrected chi connectivity index (χ3v) is 4.82. The second-order valence-electron chi connectivity index (χ2n) is 6.54. The SMILES string of the molecule is CCC(=O)Nc1ccccc1N1CCC(Cc2ccccc2)CC1. The molecule has 3 heteroatoms. The molecule has 0 unspecified atom stereocenters. The molecule has 1 N–H and O–H groups in total. The van der Waals surface area contributed by atoms with Gasteiger partial charge in [0.25, 0.3) is 0 Å². The first-order chi connectivity index (χ1) is 11.8. The lowest BCUT2D eigenvalue weighted by Crippen LogP contribution is -2.35. The molecule has 24 heavy (non-hydrogen) atoms. The highest BCUT2D eigenvalue weighted by atomic mass is 16.1. The molecule has 3 nitrogen and oxygen atoms in total. The Morgan fingerprint density at radius 2 is 1.71 bits per heavy atom. The molecule has 0 saturated carbocycles. The van der Waals surface area contributed by atoms with Crippen LogP contribution in [0.15, 0.2) is 54.6 Å². The van der Waals surface area contributed by atoms with Crippen molar-refractivity contribution in [3.63, 3.8) is 0 Å². The van der Waals surface area contributed by atoms with Gasteiger partial charge in [-0.2, -0.15) is 0 Å². The van der Waals surface area contributed by atoms with E-state index in [-0.39, 0.29) is 5.91 Å². The van der Waals surface area contributed by atoms with E-state index in [4.69, 9.17) is 0 Å². The van der Waals surface area contributed by atoms with Crippen molar-refractivity contribution < 1.29 is 4.79 Å². The van der Waals surface area contributed by atoms with E-state index in [0.717, 1.165) is 30.4 Å². The summed E-state index contributed by atoms with van der Waals surface area (Å²) in [4.78, 5) is 14.2. The van der Waals surface area contributed by atoms with E-state index >= 15 is 0 Å². The Kier molecular flexibility index (Phi) is 5.52. The summed E-state index contributed by atoms with van der Waals surface area (Å²) in [6.45, 7) is 3.99. The lowest BCUT2D eigenvalue weighted by Gasteiger charge is -2.34. The minimum absolute atomic E-state index is 0.0708. The zero-order chi connectivity index (χ0) is 16.8. The molecule has 0 aromatic heterocycles. The van der Waals surface area contributed by atoms with E-state index < -0.39 is 0 Å². The normalized spacial score (nSPS) is 15.3. The van der Waals surface area contributed by atoms with E-state index in [1.165, 1.54) is 24.8 Å². The second-order valence-corrected chi connectivity index (χ2v) is 6.54. The van der Waals surface area contributed by atoms with Crippen LogP contribution in [-0.2, 0) is 11.2 Å². The average Bonchev–Trinajstić information content (AvgIpc) is 2.64. The van der Waals surface area contributed by atoms with Gasteiger partial charge in [0.15, 0.2) is 0 Å². The number of benzene rings is 2. The van der Waals surface area contributed by atoms with E-state index in [1.807, 2.05) is 25.1 Å². The largest absolute Gasteiger partial charge is 0.370 e. The van der Waals surface area contributed by atoms with Crippen molar-refractivity contribution in [3.05, 3.63) is 60.2 Å². The number of rotatable bonds is 5. The smallest absolute Gasteiger partial charge is 0.224 e. The minimum atomic E-state index is 0.0708. The van der Waals surface area contributed by atoms with Gasteiger partial charge in [0.05, 0.1) is 11.4 Å². The van der Waals surface area contributed by atoms with Crippen molar-refractivity contribution in [1.82, 2.24) is 0 Å². The number of hydrogen-bond donors (Lipinski definition) is 1. The van der Waals surface area contributed by atoms with Crippen LogP contribution in [0.1, 0.15) is 31.7 Å². The molecule has 1 saturated heterocycles. The molecular weight excluding hydrogens is 296 g/mol. The number of anilines is 2. The summed E-state index contributed by atoms with van der Waals surface area (Å²) in [5.41, 5.74) is 3.52. The van der Waals surface area contributed by atoms with Gasteiger partial charge < -0.3 is 10.2 Å². The number of carbonyl (C=O) groups is 1. The molecule has 1 aliphatic heterocycles. The van der Waals surface area contributed by atoms with Gasteiger partial charge >= 0.3 is 0 Å². The lowest BCUT2D eigenvalue weighted by atomic mass is 9.90. The highest BCUT2D eigenvalue weighted by molar-refractivity contribution is 5.94. The zero-order valence-corrected chi connectivity index (χ0v) is 14.4. The fourth-order valence-corrected chi connectivity index (χ4v) is 3.42. The van der Waals surface area contributed by atoms with Gasteiger partial charge in [-0.05, 0) is 42.9 Å². The van der Waals surface area contributed by atoms with E-state index in [2.05, 4.69) is 46.6 Å². The van der Waals surface area contributed by atoms with Crippen molar-refractivity contribution in [3.8, 4) is 0 Å². The number of nitrogens with zero attached hydrogens (tertiary/aromatic N) is 1. The molecular formula is C21H26N2O. The number of nitrogens with one attached hydrogen (secondary N) is 1. The Morgan fingerprint density at radius 3 is 2.42 bits per heavy atom. The first-order valence-electron chi connectivity index (χ1n) is 8.94. The molecule has 126 valence electrons. The maximum absolute atomic E-state index is 11.7. The number of carbonyl (C=O) groups excluding carboxylic acids is 1. The summed E-state index contributed by atoms with van der Waals surface area (Å²) >= 11 is 0. The number of amides is 1. The fraction of sp³-hybridized carbons (Fsp3) is 0.381. The van der Waals surface area contributed by atoms with Crippen molar-refractivity contribution in [2.24, 2.45) is 5.92 Å². The summed E-state index contributed by atoms with van der Waals surface area (Å²) < 4.78 is 0. The van der Waals surface area contributed by atoms with Gasteiger partial charge in [-0.15, -0.1) is 0 Å². The Hall–Kier alpha value is -2.29. The first kappa shape index (κ1) is 16.6. The molecule has 0 radical (unpaired) electrons. The summed E-state index contributed by atoms with van der Waals surface area (Å²) in [6.07, 6.45) is 4.08. The number of piperidine rings is 1. The van der Waals surface area contributed by atoms with Gasteiger partial charge in [-0.25, -0.2) is 0 Å². The summed E-state index contributed by atoms with van der Waals surface area (Å²) in [5.74, 6) is 0.822. The Morgan fingerprint density at radius 1 is 1.04 bits per heavy atom. The van der Waals surface area contributed by atoms with E-state index in [0.29, 0.717) is 6.42 Å². The molecule has 1 fully saturated rings. The summed E-state index contributed by atoms with van der Waals surface area (Å²) in [6, 6.07) is 18.9. The molecule has 2 aromatic carbocycles. The van der Waals surface area contributed by atoms with Crippen LogP contribution in [0.2, 0.25) is 0 Å². The van der Waals surface area contributed by atoms with Gasteiger partial charge in [0.2, 0.25) is 5.91 Å². The van der Waals surface area contributed by atoms with E-state index in [1.54, 1.807) is 0 Å². The van der Waals surface area contributed by atoms with Gasteiger partial charge in [-0.1, -0.05) is 49.4 Å². The average molecular weight is 322 g/mol. The van der Waals surface area contributed by atoms with E-state index in [9.17, 15) is 4.79 Å². The third kappa shape index (κ3) is 4.16. The molecule has 1 heterocycles. The number of para-hydroxylation sites is 2. The molecule has 1 aliphatic rings. The first-order valence-corrected chi connectivity index (χ1v) is 8.94. The van der Waals surface area contributed by atoms with Crippen molar-refractivity contribution in [1.29, 1.82) is 0 Å². The van der Waals surface area contributed by atoms with Crippen LogP contribution in [0.5, 0.6) is 0 Å². The zero-order valence-electron chi connectivity index (χ0n) is 14.4. The molecule has 3 rings (SSSR count). The fourth-order valence-electron chi connectivity index (χ4n) is 3.42. The topological polar surface area (TPSA) is 32.3 Å². The third-order valence-electron chi connectivity index (χ3n) is 4.82. The van der Waals surface area contributed by atoms with Crippen LogP contribution in [0.3, 0.4) is 0 Å². The monoisotopic (exact) mass is 322 g/mol. The van der Waals surface area contributed by atoms with Crippen molar-refractivity contribution in [2.45, 2.75) is 32.6 Å². The number of hydrogen-bond acceptors (Lipinski definition) is 2. The van der Waals surface area contributed by atoms with Crippen molar-refractivity contribution >= 4 is 17.3 Å². The molecule has 0 atom stereocenters. The summed E-state index contributed by atoms with van der Waals surface area (Å²) in [7, 11) is 0. The Balaban J connectivity index is 1.61. The molecule has 0 bridgehead atoms. The minimum Gasteiger partial charge on any atom is -0.370 e. The summed E-state index contributed by atoms with van der Waals surface area (Å²) in [5, 5.41) is 3.03. The predicted molar refractivity (Wildman–Crippen MR) is 100 cm³/mol. The molecule has 0 spiro atoms. The standard InChI is InChI=1S/C21H26N2O/c1-2-21(24)22-19-10-6-7-11-20(19)23-14-12-18(13-15-23)16-17-8-4-3-5-9-17/h3-11,18H,2,12-16H2,1H3,(H,22,24). The van der Waals surface area contributed by atoms with Gasteiger partial charge in [-0.3, -0.25) is 4.79 Å². The Bertz CT molecular complexity index is 661. The van der Waals surface area contributed by atoms with Gasteiger partial charge in [0.1, 0.15) is 0 Å². The maximum Gasteiger partial charge on any atom is 0.224 e. The van der Waals surface area contributed by atoms with Crippen LogP contribution in [0.4, 0.5) is 11.4 Å². The van der Waals surface area contributed by atoms with Crippen LogP contribution >= 0.6 is 0 Å². The van der Waals surface area contributed by atoms with Crippen LogP contribution < -0.4 is 10.2 Å². The predicted octanol–water partition coefficient (Wildman–Crippen LogP) is 4.49. The highest BCUT2D eigenvalue weighted by Crippen LogP contribution is 2.31.